The van der Waals surface area contributed by atoms with Crippen molar-refractivity contribution in [2.45, 2.75) is 26.8 Å². The number of hydrogen-bond donors (Lipinski definition) is 1. The lowest BCUT2D eigenvalue weighted by molar-refractivity contribution is 0.103. The Labute approximate surface area is 166 Å². The summed E-state index contributed by atoms with van der Waals surface area (Å²) in [6, 6.07) is 14.9. The molecule has 0 atom stereocenters. The summed E-state index contributed by atoms with van der Waals surface area (Å²) in [5.41, 5.74) is 3.16. The number of fused-ring (bicyclic) bond motifs is 1. The van der Waals surface area contributed by atoms with Gasteiger partial charge in [-0.15, -0.1) is 16.4 Å². The monoisotopic (exact) mass is 392 g/mol. The van der Waals surface area contributed by atoms with Crippen molar-refractivity contribution in [1.82, 2.24) is 14.2 Å². The summed E-state index contributed by atoms with van der Waals surface area (Å²) in [5.74, 6) is -0.116. The van der Waals surface area contributed by atoms with Gasteiger partial charge in [0.15, 0.2) is 5.65 Å². The summed E-state index contributed by atoms with van der Waals surface area (Å²) in [5, 5.41) is 7.30. The van der Waals surface area contributed by atoms with Gasteiger partial charge in [0.25, 0.3) is 5.91 Å². The lowest BCUT2D eigenvalue weighted by Gasteiger charge is -2.06. The highest BCUT2D eigenvalue weighted by Gasteiger charge is 2.12. The van der Waals surface area contributed by atoms with E-state index in [1.807, 2.05) is 43.3 Å². The number of aromatic nitrogens is 3. The van der Waals surface area contributed by atoms with Crippen molar-refractivity contribution in [2.75, 3.05) is 5.32 Å². The Kier molecular flexibility index (Phi) is 4.83. The molecule has 3 heterocycles. The molecule has 0 aliphatic carbocycles. The Morgan fingerprint density at radius 3 is 2.79 bits per heavy atom. The van der Waals surface area contributed by atoms with Gasteiger partial charge in [-0.05, 0) is 54.8 Å². The molecule has 0 unspecified atom stereocenters. The number of pyridine rings is 1. The Balaban J connectivity index is 1.54. The van der Waals surface area contributed by atoms with Gasteiger partial charge in [-0.1, -0.05) is 25.1 Å². The first-order valence-electron chi connectivity index (χ1n) is 9.09. The molecule has 4 aromatic rings. The minimum atomic E-state index is -0.189. The third-order valence-corrected chi connectivity index (χ3v) is 5.95. The predicted octanol–water partition coefficient (Wildman–Crippen LogP) is 3.73. The largest absolute Gasteiger partial charge is 0.350 e. The van der Waals surface area contributed by atoms with E-state index >= 15 is 0 Å². The van der Waals surface area contributed by atoms with E-state index in [0.29, 0.717) is 22.8 Å². The number of nitrogens with zero attached hydrogens (tertiary/aromatic N) is 3. The van der Waals surface area contributed by atoms with Crippen molar-refractivity contribution < 1.29 is 4.79 Å². The van der Waals surface area contributed by atoms with Crippen molar-refractivity contribution in [3.63, 3.8) is 0 Å². The number of amides is 1. The van der Waals surface area contributed by atoms with Gasteiger partial charge < -0.3 is 5.32 Å². The molecule has 0 radical (unpaired) electrons. The SMILES string of the molecule is CCc1sc(C(=O)Nc2cccc(Cn3nc4ccccn4c3=O)c2)cc1C. The third kappa shape index (κ3) is 3.48. The topological polar surface area (TPSA) is 68.4 Å². The number of hydrogen-bond acceptors (Lipinski definition) is 4. The second-order valence-electron chi connectivity index (χ2n) is 6.59. The molecule has 0 aliphatic heterocycles. The van der Waals surface area contributed by atoms with E-state index in [1.54, 1.807) is 18.3 Å². The van der Waals surface area contributed by atoms with Crippen molar-refractivity contribution in [3.05, 3.63) is 86.1 Å². The van der Waals surface area contributed by atoms with E-state index in [2.05, 4.69) is 17.3 Å². The van der Waals surface area contributed by atoms with E-state index in [-0.39, 0.29) is 11.6 Å². The molecule has 28 heavy (non-hydrogen) atoms. The highest BCUT2D eigenvalue weighted by molar-refractivity contribution is 7.14. The zero-order chi connectivity index (χ0) is 19.7. The van der Waals surface area contributed by atoms with E-state index < -0.39 is 0 Å². The normalized spacial score (nSPS) is 11.1. The van der Waals surface area contributed by atoms with Crippen LogP contribution in [0, 0.1) is 6.92 Å². The fraction of sp³-hybridized carbons (Fsp3) is 0.190. The molecule has 0 saturated heterocycles. The standard InChI is InChI=1S/C21H20N4O2S/c1-3-17-14(2)11-18(28-17)20(26)22-16-8-6-7-15(12-16)13-25-21(27)24-10-5-4-9-19(24)23-25/h4-12H,3,13H2,1-2H3,(H,22,26). The quantitative estimate of drug-likeness (QED) is 0.563. The summed E-state index contributed by atoms with van der Waals surface area (Å²) < 4.78 is 2.93. The molecule has 0 fully saturated rings. The molecule has 1 N–H and O–H groups in total. The minimum absolute atomic E-state index is 0.116. The van der Waals surface area contributed by atoms with Crippen LogP contribution < -0.4 is 11.0 Å². The Bertz CT molecular complexity index is 1220. The average Bonchev–Trinajstić information content (AvgIpc) is 3.22. The van der Waals surface area contributed by atoms with Crippen molar-refractivity contribution in [3.8, 4) is 0 Å². The van der Waals surface area contributed by atoms with Gasteiger partial charge in [-0.25, -0.2) is 9.48 Å². The molecule has 0 saturated carbocycles. The summed E-state index contributed by atoms with van der Waals surface area (Å²) in [4.78, 5) is 26.9. The van der Waals surface area contributed by atoms with Crippen LogP contribution in [-0.4, -0.2) is 20.1 Å². The van der Waals surface area contributed by atoms with Crippen LogP contribution in [-0.2, 0) is 13.0 Å². The van der Waals surface area contributed by atoms with Crippen LogP contribution in [0.2, 0.25) is 0 Å². The molecule has 0 spiro atoms. The van der Waals surface area contributed by atoms with Crippen LogP contribution in [0.1, 0.15) is 32.6 Å². The highest BCUT2D eigenvalue weighted by Crippen LogP contribution is 2.23. The van der Waals surface area contributed by atoms with E-state index in [0.717, 1.165) is 17.5 Å². The molecule has 1 aromatic carbocycles. The summed E-state index contributed by atoms with van der Waals surface area (Å²) in [6.45, 7) is 4.45. The van der Waals surface area contributed by atoms with Gasteiger partial charge >= 0.3 is 5.69 Å². The van der Waals surface area contributed by atoms with E-state index in [9.17, 15) is 9.59 Å². The first kappa shape index (κ1) is 18.2. The van der Waals surface area contributed by atoms with Crippen molar-refractivity contribution in [2.24, 2.45) is 0 Å². The van der Waals surface area contributed by atoms with Crippen LogP contribution in [0.25, 0.3) is 5.65 Å². The number of carbonyl (C=O) groups excluding carboxylic acids is 1. The molecule has 3 aromatic heterocycles. The van der Waals surface area contributed by atoms with E-state index in [4.69, 9.17) is 0 Å². The molecule has 6 nitrogen and oxygen atoms in total. The number of carbonyl (C=O) groups is 1. The zero-order valence-corrected chi connectivity index (χ0v) is 16.5. The Hall–Kier alpha value is -3.19. The molecule has 4 rings (SSSR count). The van der Waals surface area contributed by atoms with Gasteiger partial charge in [-0.3, -0.25) is 9.20 Å². The number of nitrogens with one attached hydrogen (secondary N) is 1. The van der Waals surface area contributed by atoms with E-state index in [1.165, 1.54) is 25.3 Å². The van der Waals surface area contributed by atoms with Crippen LogP contribution in [0.5, 0.6) is 0 Å². The molecule has 142 valence electrons. The number of anilines is 1. The Morgan fingerprint density at radius 1 is 1.18 bits per heavy atom. The molecule has 0 aliphatic rings. The maximum absolute atomic E-state index is 12.6. The minimum Gasteiger partial charge on any atom is -0.321 e. The van der Waals surface area contributed by atoms with Crippen LogP contribution in [0.3, 0.4) is 0 Å². The maximum Gasteiger partial charge on any atom is 0.350 e. The summed E-state index contributed by atoms with van der Waals surface area (Å²) >= 11 is 1.53. The molecule has 1 amide bonds. The first-order valence-corrected chi connectivity index (χ1v) is 9.90. The number of rotatable bonds is 5. The van der Waals surface area contributed by atoms with Crippen molar-refractivity contribution >= 4 is 28.6 Å². The summed E-state index contributed by atoms with van der Waals surface area (Å²) in [6.07, 6.45) is 2.62. The number of benzene rings is 1. The summed E-state index contributed by atoms with van der Waals surface area (Å²) in [7, 11) is 0. The van der Waals surface area contributed by atoms with Gasteiger partial charge in [0.1, 0.15) is 0 Å². The van der Waals surface area contributed by atoms with Gasteiger partial charge in [0, 0.05) is 16.8 Å². The van der Waals surface area contributed by atoms with Gasteiger partial charge in [0.05, 0.1) is 11.4 Å². The maximum atomic E-state index is 12.6. The Morgan fingerprint density at radius 2 is 2.04 bits per heavy atom. The lowest BCUT2D eigenvalue weighted by atomic mass is 10.2. The van der Waals surface area contributed by atoms with Crippen LogP contribution >= 0.6 is 11.3 Å². The second kappa shape index (κ2) is 7.44. The predicted molar refractivity (Wildman–Crippen MR) is 111 cm³/mol. The molecule has 0 bridgehead atoms. The lowest BCUT2D eigenvalue weighted by Crippen LogP contribution is -2.21. The molecular formula is C21H20N4O2S. The fourth-order valence-corrected chi connectivity index (χ4v) is 4.18. The zero-order valence-electron chi connectivity index (χ0n) is 15.7. The molecule has 7 heteroatoms. The van der Waals surface area contributed by atoms with Crippen molar-refractivity contribution in [1.29, 1.82) is 0 Å². The first-order chi connectivity index (χ1) is 13.5. The third-order valence-electron chi connectivity index (χ3n) is 4.57. The van der Waals surface area contributed by atoms with Crippen LogP contribution in [0.15, 0.2) is 59.5 Å². The molecular weight excluding hydrogens is 372 g/mol. The van der Waals surface area contributed by atoms with Gasteiger partial charge in [-0.2, -0.15) is 0 Å². The fourth-order valence-electron chi connectivity index (χ4n) is 3.17. The van der Waals surface area contributed by atoms with Crippen LogP contribution in [0.4, 0.5) is 5.69 Å². The number of aryl methyl sites for hydroxylation is 2. The second-order valence-corrected chi connectivity index (χ2v) is 7.73. The average molecular weight is 392 g/mol. The van der Waals surface area contributed by atoms with Gasteiger partial charge in [0.2, 0.25) is 0 Å². The number of thiophene rings is 1. The smallest absolute Gasteiger partial charge is 0.321 e. The highest BCUT2D eigenvalue weighted by atomic mass is 32.1.